The number of benzene rings is 2. The molecule has 10 heteroatoms. The zero-order valence-electron chi connectivity index (χ0n) is 20.0. The van der Waals surface area contributed by atoms with Crippen LogP contribution >= 0.6 is 23.2 Å². The smallest absolute Gasteiger partial charge is 0.244 e. The van der Waals surface area contributed by atoms with Crippen LogP contribution in [0.15, 0.2) is 42.5 Å². The van der Waals surface area contributed by atoms with Crippen molar-refractivity contribution in [2.75, 3.05) is 23.7 Å². The highest BCUT2D eigenvalue weighted by atomic mass is 35.5. The Hall–Kier alpha value is -2.29. The van der Waals surface area contributed by atoms with Gasteiger partial charge in [-0.1, -0.05) is 61.3 Å². The minimum atomic E-state index is -3.83. The summed E-state index contributed by atoms with van der Waals surface area (Å²) in [7, 11) is -3.83. The molecule has 0 aliphatic carbocycles. The van der Waals surface area contributed by atoms with Crippen molar-refractivity contribution in [1.29, 1.82) is 0 Å². The van der Waals surface area contributed by atoms with Crippen molar-refractivity contribution in [1.82, 2.24) is 10.2 Å². The lowest BCUT2D eigenvalue weighted by molar-refractivity contribution is -0.139. The highest BCUT2D eigenvalue weighted by Gasteiger charge is 2.31. The monoisotopic (exact) mass is 527 g/mol. The zero-order chi connectivity index (χ0) is 25.6. The lowest BCUT2D eigenvalue weighted by Gasteiger charge is -2.32. The van der Waals surface area contributed by atoms with E-state index in [0.717, 1.165) is 10.6 Å². The molecule has 0 aliphatic rings. The Bertz CT molecular complexity index is 1140. The molecule has 186 valence electrons. The number of carbonyl (C=O) groups is 2. The quantitative estimate of drug-likeness (QED) is 0.500. The van der Waals surface area contributed by atoms with E-state index >= 15 is 0 Å². The minimum Gasteiger partial charge on any atom is -0.354 e. The van der Waals surface area contributed by atoms with E-state index in [1.165, 1.54) is 11.0 Å². The van der Waals surface area contributed by atoms with Crippen LogP contribution in [0.1, 0.15) is 31.9 Å². The molecule has 1 atom stereocenters. The van der Waals surface area contributed by atoms with Gasteiger partial charge in [0.2, 0.25) is 21.8 Å². The molecular formula is C24H31Cl2N3O4S. The highest BCUT2D eigenvalue weighted by molar-refractivity contribution is 7.92. The third kappa shape index (κ3) is 7.61. The second-order valence-electron chi connectivity index (χ2n) is 8.63. The number of halogens is 2. The zero-order valence-corrected chi connectivity index (χ0v) is 22.3. The van der Waals surface area contributed by atoms with Crippen LogP contribution in [0.4, 0.5) is 5.69 Å². The third-order valence-corrected chi connectivity index (χ3v) is 7.00. The van der Waals surface area contributed by atoms with Gasteiger partial charge in [0.15, 0.2) is 0 Å². The first-order valence-corrected chi connectivity index (χ1v) is 13.5. The van der Waals surface area contributed by atoms with Crippen LogP contribution in [0.5, 0.6) is 0 Å². The first-order valence-electron chi connectivity index (χ1n) is 10.9. The summed E-state index contributed by atoms with van der Waals surface area (Å²) in [5, 5.41) is 3.62. The van der Waals surface area contributed by atoms with Gasteiger partial charge < -0.3 is 10.2 Å². The average molecular weight is 529 g/mol. The Morgan fingerprint density at radius 1 is 1.06 bits per heavy atom. The van der Waals surface area contributed by atoms with Crippen LogP contribution < -0.4 is 9.62 Å². The van der Waals surface area contributed by atoms with Crippen LogP contribution in [0.2, 0.25) is 10.0 Å². The molecule has 2 amide bonds. The van der Waals surface area contributed by atoms with Crippen LogP contribution in [0.3, 0.4) is 0 Å². The number of aryl methyl sites for hydroxylation is 1. The Morgan fingerprint density at radius 2 is 1.71 bits per heavy atom. The standard InChI is InChI=1S/C24H31Cl2N3O4S/c1-16(2)13-27-24(31)18(4)28(14-19-8-6-7-9-21(19)26)23(30)15-29(34(5,32)33)22-12-20(25)11-10-17(22)3/h6-12,16,18H,13-15H2,1-5H3,(H,27,31)/t18-/m1/s1. The van der Waals surface area contributed by atoms with Crippen molar-refractivity contribution in [3.8, 4) is 0 Å². The van der Waals surface area contributed by atoms with Crippen LogP contribution in [0, 0.1) is 12.8 Å². The van der Waals surface area contributed by atoms with Gasteiger partial charge in [0, 0.05) is 23.1 Å². The number of hydrogen-bond donors (Lipinski definition) is 1. The predicted octanol–water partition coefficient (Wildman–Crippen LogP) is 4.26. The van der Waals surface area contributed by atoms with E-state index in [1.54, 1.807) is 50.2 Å². The Balaban J connectivity index is 2.43. The molecule has 0 aromatic heterocycles. The van der Waals surface area contributed by atoms with E-state index in [-0.39, 0.29) is 18.4 Å². The van der Waals surface area contributed by atoms with Crippen molar-refractivity contribution < 1.29 is 18.0 Å². The maximum atomic E-state index is 13.5. The summed E-state index contributed by atoms with van der Waals surface area (Å²) in [6.45, 7) is 7.28. The lowest BCUT2D eigenvalue weighted by atomic mass is 10.1. The number of amides is 2. The minimum absolute atomic E-state index is 0.0426. The normalized spacial score (nSPS) is 12.4. The van der Waals surface area contributed by atoms with Crippen LogP contribution in [-0.4, -0.2) is 50.5 Å². The fraction of sp³-hybridized carbons (Fsp3) is 0.417. The molecule has 2 rings (SSSR count). The largest absolute Gasteiger partial charge is 0.354 e. The molecule has 34 heavy (non-hydrogen) atoms. The van der Waals surface area contributed by atoms with Gasteiger partial charge in [-0.3, -0.25) is 13.9 Å². The number of anilines is 1. The Labute approximate surface area is 212 Å². The number of carbonyl (C=O) groups excluding carboxylic acids is 2. The number of nitrogens with one attached hydrogen (secondary N) is 1. The molecule has 0 fully saturated rings. The molecule has 0 saturated heterocycles. The topological polar surface area (TPSA) is 86.8 Å². The van der Waals surface area contributed by atoms with E-state index < -0.39 is 28.5 Å². The summed E-state index contributed by atoms with van der Waals surface area (Å²) in [6.07, 6.45) is 1.03. The number of hydrogen-bond acceptors (Lipinski definition) is 4. The molecule has 1 N–H and O–H groups in total. The first-order chi connectivity index (χ1) is 15.8. The van der Waals surface area contributed by atoms with Gasteiger partial charge in [-0.2, -0.15) is 0 Å². The Morgan fingerprint density at radius 3 is 2.29 bits per heavy atom. The van der Waals surface area contributed by atoms with Crippen LogP contribution in [-0.2, 0) is 26.2 Å². The molecule has 0 unspecified atom stereocenters. The van der Waals surface area contributed by atoms with Crippen molar-refractivity contribution >= 4 is 50.7 Å². The molecule has 0 radical (unpaired) electrons. The molecule has 0 saturated carbocycles. The van der Waals surface area contributed by atoms with Gasteiger partial charge in [0.1, 0.15) is 12.6 Å². The van der Waals surface area contributed by atoms with E-state index in [2.05, 4.69) is 5.32 Å². The van der Waals surface area contributed by atoms with Gasteiger partial charge in [-0.25, -0.2) is 8.42 Å². The van der Waals surface area contributed by atoms with Gasteiger partial charge in [0.05, 0.1) is 11.9 Å². The third-order valence-electron chi connectivity index (χ3n) is 5.27. The lowest BCUT2D eigenvalue weighted by Crippen LogP contribution is -2.51. The first kappa shape index (κ1) is 28.0. The number of rotatable bonds is 10. The van der Waals surface area contributed by atoms with Crippen molar-refractivity contribution in [2.24, 2.45) is 5.92 Å². The van der Waals surface area contributed by atoms with E-state index in [9.17, 15) is 18.0 Å². The molecule has 0 spiro atoms. The van der Waals surface area contributed by atoms with Crippen molar-refractivity contribution in [3.05, 3.63) is 63.6 Å². The molecule has 0 bridgehead atoms. The second-order valence-corrected chi connectivity index (χ2v) is 11.4. The molecule has 7 nitrogen and oxygen atoms in total. The summed E-state index contributed by atoms with van der Waals surface area (Å²) in [5.74, 6) is -0.647. The van der Waals surface area contributed by atoms with Crippen LogP contribution in [0.25, 0.3) is 0 Å². The van der Waals surface area contributed by atoms with E-state index in [1.807, 2.05) is 13.8 Å². The average Bonchev–Trinajstić information content (AvgIpc) is 2.75. The second kappa shape index (κ2) is 11.9. The van der Waals surface area contributed by atoms with Gasteiger partial charge >= 0.3 is 0 Å². The maximum absolute atomic E-state index is 13.5. The Kier molecular flexibility index (Phi) is 9.79. The van der Waals surface area contributed by atoms with Gasteiger partial charge in [-0.15, -0.1) is 0 Å². The summed E-state index contributed by atoms with van der Waals surface area (Å²) in [5.41, 5.74) is 1.59. The summed E-state index contributed by atoms with van der Waals surface area (Å²) >= 11 is 12.4. The van der Waals surface area contributed by atoms with Gasteiger partial charge in [-0.05, 0) is 49.1 Å². The summed E-state index contributed by atoms with van der Waals surface area (Å²) in [6, 6.07) is 11.0. The summed E-state index contributed by atoms with van der Waals surface area (Å²) < 4.78 is 26.3. The summed E-state index contributed by atoms with van der Waals surface area (Å²) in [4.78, 5) is 27.7. The van der Waals surface area contributed by atoms with Crippen molar-refractivity contribution in [2.45, 2.75) is 40.3 Å². The molecule has 0 aliphatic heterocycles. The highest BCUT2D eigenvalue weighted by Crippen LogP contribution is 2.27. The van der Waals surface area contributed by atoms with E-state index in [4.69, 9.17) is 23.2 Å². The molecule has 2 aromatic rings. The van der Waals surface area contributed by atoms with Crippen molar-refractivity contribution in [3.63, 3.8) is 0 Å². The van der Waals surface area contributed by atoms with Gasteiger partial charge in [0.25, 0.3) is 0 Å². The fourth-order valence-electron chi connectivity index (χ4n) is 3.29. The molecule has 2 aromatic carbocycles. The fourth-order valence-corrected chi connectivity index (χ4v) is 4.55. The maximum Gasteiger partial charge on any atom is 0.244 e. The number of sulfonamides is 1. The number of nitrogens with zero attached hydrogens (tertiary/aromatic N) is 2. The SMILES string of the molecule is Cc1ccc(Cl)cc1N(CC(=O)N(Cc1ccccc1Cl)[C@H](C)C(=O)NCC(C)C)S(C)(=O)=O. The molecule has 0 heterocycles. The molecular weight excluding hydrogens is 497 g/mol. The predicted molar refractivity (Wildman–Crippen MR) is 138 cm³/mol. The van der Waals surface area contributed by atoms with E-state index in [0.29, 0.717) is 33.4 Å².